The van der Waals surface area contributed by atoms with Crippen LogP contribution in [0.5, 0.6) is 0 Å². The Hall–Kier alpha value is -1.69. The van der Waals surface area contributed by atoms with E-state index in [0.717, 1.165) is 5.56 Å². The maximum absolute atomic E-state index is 12.8. The molecule has 2 rings (SSSR count). The lowest BCUT2D eigenvalue weighted by Crippen LogP contribution is -2.26. The summed E-state index contributed by atoms with van der Waals surface area (Å²) in [6.45, 7) is 5.13. The van der Waals surface area contributed by atoms with Gasteiger partial charge in [-0.3, -0.25) is 4.79 Å². The van der Waals surface area contributed by atoms with Gasteiger partial charge < -0.3 is 5.32 Å². The normalized spacial score (nSPS) is 10.9. The van der Waals surface area contributed by atoms with E-state index in [2.05, 4.69) is 26.3 Å². The third kappa shape index (κ3) is 4.14. The monoisotopic (exact) mass is 353 g/mol. The Balaban J connectivity index is 2.12. The maximum Gasteiger partial charge on any atom is 0.283 e. The molecule has 0 unspecified atom stereocenters. The van der Waals surface area contributed by atoms with E-state index >= 15 is 0 Å². The van der Waals surface area contributed by atoms with Gasteiger partial charge >= 0.3 is 0 Å². The van der Waals surface area contributed by atoms with Crippen molar-refractivity contribution in [2.45, 2.75) is 26.9 Å². The first-order chi connectivity index (χ1) is 9.97. The van der Waals surface area contributed by atoms with Crippen LogP contribution in [0, 0.1) is 11.7 Å². The number of nitrogens with zero attached hydrogens (tertiary/aromatic N) is 2. The second-order valence-electron chi connectivity index (χ2n) is 5.23. The van der Waals surface area contributed by atoms with E-state index < -0.39 is 0 Å². The van der Waals surface area contributed by atoms with Crippen molar-refractivity contribution in [3.8, 4) is 0 Å². The number of anilines is 1. The van der Waals surface area contributed by atoms with Gasteiger partial charge in [0, 0.05) is 13.1 Å². The Morgan fingerprint density at radius 2 is 2.00 bits per heavy atom. The summed E-state index contributed by atoms with van der Waals surface area (Å²) >= 11 is 3.31. The van der Waals surface area contributed by atoms with Crippen LogP contribution >= 0.6 is 15.9 Å². The van der Waals surface area contributed by atoms with Crippen molar-refractivity contribution in [1.82, 2.24) is 9.78 Å². The zero-order chi connectivity index (χ0) is 15.4. The van der Waals surface area contributed by atoms with Crippen molar-refractivity contribution >= 4 is 21.6 Å². The van der Waals surface area contributed by atoms with Crippen molar-refractivity contribution in [1.29, 1.82) is 0 Å². The Kier molecular flexibility index (Phi) is 5.12. The Labute approximate surface area is 131 Å². The van der Waals surface area contributed by atoms with Gasteiger partial charge in [0.15, 0.2) is 0 Å². The molecule has 0 fully saturated rings. The standard InChI is InChI=1S/C15H17BrFN3O/c1-10(2)9-20-15(21)14(16)13(8-19-20)18-7-11-3-5-12(17)6-4-11/h3-6,8,10,18H,7,9H2,1-2H3. The van der Waals surface area contributed by atoms with E-state index in [9.17, 15) is 9.18 Å². The highest BCUT2D eigenvalue weighted by molar-refractivity contribution is 9.10. The molecule has 1 heterocycles. The number of rotatable bonds is 5. The molecule has 21 heavy (non-hydrogen) atoms. The van der Waals surface area contributed by atoms with Gasteiger partial charge in [-0.15, -0.1) is 0 Å². The van der Waals surface area contributed by atoms with Gasteiger partial charge in [0.2, 0.25) is 0 Å². The lowest BCUT2D eigenvalue weighted by Gasteiger charge is -2.11. The highest BCUT2D eigenvalue weighted by atomic mass is 79.9. The minimum Gasteiger partial charge on any atom is -0.379 e. The molecular formula is C15H17BrFN3O. The minimum atomic E-state index is -0.266. The van der Waals surface area contributed by atoms with E-state index in [-0.39, 0.29) is 11.4 Å². The number of hydrogen-bond acceptors (Lipinski definition) is 3. The zero-order valence-corrected chi connectivity index (χ0v) is 13.5. The molecule has 0 atom stereocenters. The molecule has 0 saturated carbocycles. The summed E-state index contributed by atoms with van der Waals surface area (Å²) in [5, 5.41) is 7.28. The second kappa shape index (κ2) is 6.85. The molecule has 112 valence electrons. The van der Waals surface area contributed by atoms with Crippen LogP contribution in [-0.4, -0.2) is 9.78 Å². The summed E-state index contributed by atoms with van der Waals surface area (Å²) in [5.41, 5.74) is 1.40. The lowest BCUT2D eigenvalue weighted by atomic mass is 10.2. The van der Waals surface area contributed by atoms with E-state index in [1.807, 2.05) is 13.8 Å². The SMILES string of the molecule is CC(C)Cn1ncc(NCc2ccc(F)cc2)c(Br)c1=O. The summed E-state index contributed by atoms with van der Waals surface area (Å²) in [6.07, 6.45) is 1.62. The number of aromatic nitrogens is 2. The van der Waals surface area contributed by atoms with E-state index in [1.165, 1.54) is 16.8 Å². The molecule has 2 aromatic rings. The van der Waals surface area contributed by atoms with Gasteiger partial charge in [-0.2, -0.15) is 5.10 Å². The molecule has 0 aliphatic heterocycles. The molecule has 0 radical (unpaired) electrons. The first-order valence-corrected chi connectivity index (χ1v) is 7.50. The molecule has 0 aliphatic carbocycles. The van der Waals surface area contributed by atoms with E-state index in [4.69, 9.17) is 0 Å². The van der Waals surface area contributed by atoms with Gasteiger partial charge in [0.1, 0.15) is 10.3 Å². The van der Waals surface area contributed by atoms with Gasteiger partial charge in [0.05, 0.1) is 11.9 Å². The summed E-state index contributed by atoms with van der Waals surface area (Å²) in [7, 11) is 0. The summed E-state index contributed by atoms with van der Waals surface area (Å²) < 4.78 is 14.7. The van der Waals surface area contributed by atoms with Crippen LogP contribution in [0.2, 0.25) is 0 Å². The predicted octanol–water partition coefficient (Wildman–Crippen LogP) is 3.41. The molecule has 4 nitrogen and oxygen atoms in total. The fourth-order valence-corrected chi connectivity index (χ4v) is 2.31. The average molecular weight is 354 g/mol. The minimum absolute atomic E-state index is 0.159. The zero-order valence-electron chi connectivity index (χ0n) is 11.9. The third-order valence-electron chi connectivity index (χ3n) is 2.92. The number of hydrogen-bond donors (Lipinski definition) is 1. The smallest absolute Gasteiger partial charge is 0.283 e. The molecule has 1 N–H and O–H groups in total. The fourth-order valence-electron chi connectivity index (χ4n) is 1.86. The third-order valence-corrected chi connectivity index (χ3v) is 3.69. The van der Waals surface area contributed by atoms with Crippen LogP contribution in [0.1, 0.15) is 19.4 Å². The van der Waals surface area contributed by atoms with E-state index in [0.29, 0.717) is 29.2 Å². The topological polar surface area (TPSA) is 46.9 Å². The molecule has 0 saturated heterocycles. The Morgan fingerprint density at radius 3 is 2.62 bits per heavy atom. The van der Waals surface area contributed by atoms with E-state index in [1.54, 1.807) is 18.3 Å². The average Bonchev–Trinajstić information content (AvgIpc) is 2.44. The van der Waals surface area contributed by atoms with Crippen LogP contribution in [0.4, 0.5) is 10.1 Å². The van der Waals surface area contributed by atoms with Crippen molar-refractivity contribution < 1.29 is 4.39 Å². The van der Waals surface area contributed by atoms with Gasteiger partial charge in [-0.05, 0) is 39.5 Å². The Morgan fingerprint density at radius 1 is 1.33 bits per heavy atom. The fraction of sp³-hybridized carbons (Fsp3) is 0.333. The summed E-state index contributed by atoms with van der Waals surface area (Å²) in [5.74, 6) is 0.0815. The number of halogens is 2. The van der Waals surface area contributed by atoms with Gasteiger partial charge in [-0.25, -0.2) is 9.07 Å². The van der Waals surface area contributed by atoms with Crippen LogP contribution in [0.25, 0.3) is 0 Å². The van der Waals surface area contributed by atoms with Crippen LogP contribution in [0.3, 0.4) is 0 Å². The molecule has 1 aromatic carbocycles. The van der Waals surface area contributed by atoms with Crippen LogP contribution in [-0.2, 0) is 13.1 Å². The number of nitrogens with one attached hydrogen (secondary N) is 1. The van der Waals surface area contributed by atoms with Crippen molar-refractivity contribution in [2.75, 3.05) is 5.32 Å². The van der Waals surface area contributed by atoms with Crippen LogP contribution < -0.4 is 10.9 Å². The predicted molar refractivity (Wildman–Crippen MR) is 84.8 cm³/mol. The lowest BCUT2D eigenvalue weighted by molar-refractivity contribution is 0.462. The summed E-state index contributed by atoms with van der Waals surface area (Å²) in [6, 6.07) is 6.21. The first kappa shape index (κ1) is 15.7. The molecule has 0 spiro atoms. The number of benzene rings is 1. The second-order valence-corrected chi connectivity index (χ2v) is 6.03. The maximum atomic E-state index is 12.8. The van der Waals surface area contributed by atoms with Gasteiger partial charge in [-0.1, -0.05) is 26.0 Å². The molecule has 0 aliphatic rings. The molecule has 0 bridgehead atoms. The molecule has 0 amide bonds. The van der Waals surface area contributed by atoms with Crippen molar-refractivity contribution in [3.63, 3.8) is 0 Å². The van der Waals surface area contributed by atoms with Crippen LogP contribution in [0.15, 0.2) is 39.7 Å². The quantitative estimate of drug-likeness (QED) is 0.895. The molecule has 1 aromatic heterocycles. The highest BCUT2D eigenvalue weighted by Gasteiger charge is 2.09. The highest BCUT2D eigenvalue weighted by Crippen LogP contribution is 2.17. The largest absolute Gasteiger partial charge is 0.379 e. The molecule has 6 heteroatoms. The summed E-state index contributed by atoms with van der Waals surface area (Å²) in [4.78, 5) is 12.1. The Bertz CT molecular complexity index is 668. The van der Waals surface area contributed by atoms with Gasteiger partial charge in [0.25, 0.3) is 5.56 Å². The molecular weight excluding hydrogens is 337 g/mol. The first-order valence-electron chi connectivity index (χ1n) is 6.71. The van der Waals surface area contributed by atoms with Crippen molar-refractivity contribution in [2.24, 2.45) is 5.92 Å². The van der Waals surface area contributed by atoms with Crippen molar-refractivity contribution in [3.05, 3.63) is 56.7 Å².